The molecule has 1 aromatic carbocycles. The third kappa shape index (κ3) is 2.91. The molecule has 0 atom stereocenters. The van der Waals surface area contributed by atoms with Gasteiger partial charge in [0, 0.05) is 15.8 Å². The molecule has 0 heterocycles. The molecule has 0 saturated heterocycles. The predicted molar refractivity (Wildman–Crippen MR) is 68.1 cm³/mol. The van der Waals surface area contributed by atoms with Crippen molar-refractivity contribution >= 4 is 17.4 Å². The van der Waals surface area contributed by atoms with Crippen LogP contribution in [0.2, 0.25) is 0 Å². The Kier molecular flexibility index (Phi) is 3.74. The maximum atomic E-state index is 13.6. The zero-order chi connectivity index (χ0) is 11.5. The van der Waals surface area contributed by atoms with Gasteiger partial charge in [-0.05, 0) is 49.8 Å². The van der Waals surface area contributed by atoms with Gasteiger partial charge < -0.3 is 5.73 Å². The Morgan fingerprint density at radius 1 is 1.25 bits per heavy atom. The molecule has 0 unspecified atom stereocenters. The fraction of sp³-hybridized carbons (Fsp3) is 0.538. The minimum atomic E-state index is -0.177. The van der Waals surface area contributed by atoms with E-state index < -0.39 is 0 Å². The van der Waals surface area contributed by atoms with Gasteiger partial charge in [0.15, 0.2) is 0 Å². The first kappa shape index (κ1) is 11.8. The maximum Gasteiger partial charge on any atom is 0.138 e. The van der Waals surface area contributed by atoms with Gasteiger partial charge in [-0.3, -0.25) is 0 Å². The van der Waals surface area contributed by atoms with Gasteiger partial charge in [0.2, 0.25) is 0 Å². The van der Waals surface area contributed by atoms with Crippen LogP contribution < -0.4 is 5.73 Å². The van der Waals surface area contributed by atoms with Crippen molar-refractivity contribution in [2.45, 2.75) is 42.8 Å². The van der Waals surface area contributed by atoms with E-state index in [1.165, 1.54) is 31.7 Å². The summed E-state index contributed by atoms with van der Waals surface area (Å²) in [6, 6.07) is 4.98. The number of nitrogens with two attached hydrogens (primary N) is 1. The van der Waals surface area contributed by atoms with E-state index in [2.05, 4.69) is 6.92 Å². The van der Waals surface area contributed by atoms with E-state index in [0.29, 0.717) is 10.9 Å². The Morgan fingerprint density at radius 3 is 2.56 bits per heavy atom. The molecule has 16 heavy (non-hydrogen) atoms. The van der Waals surface area contributed by atoms with E-state index in [-0.39, 0.29) is 5.82 Å². The molecule has 0 radical (unpaired) electrons. The van der Waals surface area contributed by atoms with Crippen LogP contribution in [0.25, 0.3) is 0 Å². The van der Waals surface area contributed by atoms with Crippen LogP contribution >= 0.6 is 11.8 Å². The number of hydrogen-bond acceptors (Lipinski definition) is 2. The van der Waals surface area contributed by atoms with Crippen molar-refractivity contribution < 1.29 is 4.39 Å². The predicted octanol–water partition coefficient (Wildman–Crippen LogP) is 4.08. The molecular formula is C13H18FNS. The molecule has 88 valence electrons. The van der Waals surface area contributed by atoms with Crippen molar-refractivity contribution in [1.29, 1.82) is 0 Å². The molecule has 2 N–H and O–H groups in total. The van der Waals surface area contributed by atoms with Crippen molar-refractivity contribution in [3.8, 4) is 0 Å². The highest BCUT2D eigenvalue weighted by atomic mass is 32.2. The highest BCUT2D eigenvalue weighted by Gasteiger charge is 2.20. The molecule has 0 aliphatic heterocycles. The summed E-state index contributed by atoms with van der Waals surface area (Å²) in [4.78, 5) is 0.744. The van der Waals surface area contributed by atoms with Gasteiger partial charge in [0.25, 0.3) is 0 Å². The molecule has 1 aliphatic carbocycles. The van der Waals surface area contributed by atoms with E-state index >= 15 is 0 Å². The van der Waals surface area contributed by atoms with Gasteiger partial charge in [-0.2, -0.15) is 0 Å². The van der Waals surface area contributed by atoms with E-state index in [0.717, 1.165) is 10.8 Å². The zero-order valence-corrected chi connectivity index (χ0v) is 10.4. The van der Waals surface area contributed by atoms with Crippen molar-refractivity contribution in [2.75, 3.05) is 5.73 Å². The molecule has 1 aliphatic rings. The van der Waals surface area contributed by atoms with Crippen LogP contribution in [-0.4, -0.2) is 5.25 Å². The van der Waals surface area contributed by atoms with Gasteiger partial charge in [-0.15, -0.1) is 11.8 Å². The molecular weight excluding hydrogens is 221 g/mol. The molecule has 1 nitrogen and oxygen atoms in total. The van der Waals surface area contributed by atoms with Crippen LogP contribution in [0.5, 0.6) is 0 Å². The summed E-state index contributed by atoms with van der Waals surface area (Å²) in [5, 5.41) is 0.578. The minimum absolute atomic E-state index is 0.177. The molecule has 0 bridgehead atoms. The second kappa shape index (κ2) is 5.09. The number of hydrogen-bond donors (Lipinski definition) is 1. The van der Waals surface area contributed by atoms with Gasteiger partial charge in [-0.1, -0.05) is 6.92 Å². The van der Waals surface area contributed by atoms with Crippen LogP contribution in [0.3, 0.4) is 0 Å². The van der Waals surface area contributed by atoms with Crippen LogP contribution in [0.1, 0.15) is 32.6 Å². The lowest BCUT2D eigenvalue weighted by Gasteiger charge is -2.25. The Morgan fingerprint density at radius 2 is 1.94 bits per heavy atom. The molecule has 2 rings (SSSR count). The number of anilines is 1. The lowest BCUT2D eigenvalue weighted by molar-refractivity contribution is 0.393. The third-order valence-electron chi connectivity index (χ3n) is 3.21. The van der Waals surface area contributed by atoms with E-state index in [1.807, 2.05) is 0 Å². The molecule has 0 aromatic heterocycles. The van der Waals surface area contributed by atoms with Crippen molar-refractivity contribution in [2.24, 2.45) is 5.92 Å². The largest absolute Gasteiger partial charge is 0.399 e. The van der Waals surface area contributed by atoms with Crippen LogP contribution in [0.15, 0.2) is 23.1 Å². The summed E-state index contributed by atoms with van der Waals surface area (Å²) < 4.78 is 13.6. The SMILES string of the molecule is CC1CCC(Sc2ccc(N)cc2F)CC1. The van der Waals surface area contributed by atoms with Crippen molar-refractivity contribution in [1.82, 2.24) is 0 Å². The highest BCUT2D eigenvalue weighted by Crippen LogP contribution is 2.36. The van der Waals surface area contributed by atoms with Crippen LogP contribution in [0, 0.1) is 11.7 Å². The second-order valence-corrected chi connectivity index (χ2v) is 6.03. The summed E-state index contributed by atoms with van der Waals surface area (Å²) in [7, 11) is 0. The average Bonchev–Trinajstić information content (AvgIpc) is 2.25. The molecule has 1 aromatic rings. The Balaban J connectivity index is 1.98. The molecule has 0 spiro atoms. The monoisotopic (exact) mass is 239 g/mol. The third-order valence-corrected chi connectivity index (χ3v) is 4.60. The molecule has 0 amide bonds. The lowest BCUT2D eigenvalue weighted by Crippen LogP contribution is -2.14. The Hall–Kier alpha value is -0.700. The fourth-order valence-electron chi connectivity index (χ4n) is 2.14. The molecule has 1 fully saturated rings. The van der Waals surface area contributed by atoms with Crippen molar-refractivity contribution in [3.63, 3.8) is 0 Å². The highest BCUT2D eigenvalue weighted by molar-refractivity contribution is 8.00. The number of nitrogen functional groups attached to an aromatic ring is 1. The second-order valence-electron chi connectivity index (χ2n) is 4.69. The number of rotatable bonds is 2. The number of halogens is 1. The smallest absolute Gasteiger partial charge is 0.138 e. The first-order chi connectivity index (χ1) is 7.65. The van der Waals surface area contributed by atoms with Crippen LogP contribution in [-0.2, 0) is 0 Å². The number of benzene rings is 1. The van der Waals surface area contributed by atoms with Crippen LogP contribution in [0.4, 0.5) is 10.1 Å². The summed E-state index contributed by atoms with van der Waals surface area (Å²) in [5.41, 5.74) is 6.03. The van der Waals surface area contributed by atoms with E-state index in [4.69, 9.17) is 5.73 Å². The average molecular weight is 239 g/mol. The van der Waals surface area contributed by atoms with Gasteiger partial charge in [0.1, 0.15) is 5.82 Å². The first-order valence-corrected chi connectivity index (χ1v) is 6.75. The topological polar surface area (TPSA) is 26.0 Å². The Bertz CT molecular complexity index is 359. The maximum absolute atomic E-state index is 13.6. The lowest BCUT2D eigenvalue weighted by atomic mass is 9.91. The summed E-state index contributed by atoms with van der Waals surface area (Å²) >= 11 is 1.67. The van der Waals surface area contributed by atoms with E-state index in [1.54, 1.807) is 23.9 Å². The standard InChI is InChI=1S/C13H18FNS/c1-9-2-5-11(6-3-9)16-13-7-4-10(15)8-12(13)14/h4,7-9,11H,2-3,5-6,15H2,1H3. The fourth-order valence-corrected chi connectivity index (χ4v) is 3.32. The molecule has 1 saturated carbocycles. The van der Waals surface area contributed by atoms with Gasteiger partial charge in [-0.25, -0.2) is 4.39 Å². The van der Waals surface area contributed by atoms with Gasteiger partial charge in [0.05, 0.1) is 0 Å². The van der Waals surface area contributed by atoms with Gasteiger partial charge >= 0.3 is 0 Å². The summed E-state index contributed by atoms with van der Waals surface area (Å²) in [6.45, 7) is 2.30. The Labute approximate surface area is 101 Å². The summed E-state index contributed by atoms with van der Waals surface area (Å²) in [5.74, 6) is 0.664. The summed E-state index contributed by atoms with van der Waals surface area (Å²) in [6.07, 6.45) is 4.95. The quantitative estimate of drug-likeness (QED) is 0.787. The van der Waals surface area contributed by atoms with Crippen molar-refractivity contribution in [3.05, 3.63) is 24.0 Å². The first-order valence-electron chi connectivity index (χ1n) is 5.87. The minimum Gasteiger partial charge on any atom is -0.399 e. The number of thioether (sulfide) groups is 1. The van der Waals surface area contributed by atoms with E-state index in [9.17, 15) is 4.39 Å². The molecule has 3 heteroatoms. The zero-order valence-electron chi connectivity index (χ0n) is 9.58. The normalized spacial score (nSPS) is 25.6.